The van der Waals surface area contributed by atoms with Crippen molar-refractivity contribution >= 4 is 10.0 Å². The number of sulfonamides is 1. The number of hydrogen-bond donors (Lipinski definition) is 1. The SMILES string of the molecule is Cc1ccc(C)c(C(N)CS(=O)(=O)N(C)C)c1. The van der Waals surface area contributed by atoms with Crippen LogP contribution in [-0.2, 0) is 10.0 Å². The van der Waals surface area contributed by atoms with Crippen molar-refractivity contribution in [3.8, 4) is 0 Å². The van der Waals surface area contributed by atoms with Crippen LogP contribution in [0.3, 0.4) is 0 Å². The van der Waals surface area contributed by atoms with E-state index in [1.54, 1.807) is 0 Å². The second kappa shape index (κ2) is 5.16. The Labute approximate surface area is 103 Å². The van der Waals surface area contributed by atoms with Gasteiger partial charge in [-0.25, -0.2) is 12.7 Å². The molecule has 4 nitrogen and oxygen atoms in total. The van der Waals surface area contributed by atoms with Crippen LogP contribution in [0.25, 0.3) is 0 Å². The molecule has 0 saturated heterocycles. The monoisotopic (exact) mass is 256 g/mol. The average Bonchev–Trinajstić information content (AvgIpc) is 2.20. The molecule has 0 heterocycles. The van der Waals surface area contributed by atoms with Crippen molar-refractivity contribution in [2.45, 2.75) is 19.9 Å². The second-order valence-electron chi connectivity index (χ2n) is 4.53. The number of aryl methyl sites for hydroxylation is 2. The number of hydrogen-bond acceptors (Lipinski definition) is 3. The zero-order valence-electron chi connectivity index (χ0n) is 10.8. The van der Waals surface area contributed by atoms with Gasteiger partial charge in [-0.3, -0.25) is 0 Å². The van der Waals surface area contributed by atoms with Crippen LogP contribution >= 0.6 is 0 Å². The van der Waals surface area contributed by atoms with E-state index in [0.717, 1.165) is 16.7 Å². The molecule has 0 aliphatic carbocycles. The lowest BCUT2D eigenvalue weighted by atomic mass is 10.0. The Balaban J connectivity index is 2.98. The Hall–Kier alpha value is -0.910. The summed E-state index contributed by atoms with van der Waals surface area (Å²) in [6, 6.07) is 5.42. The zero-order chi connectivity index (χ0) is 13.2. The highest BCUT2D eigenvalue weighted by Gasteiger charge is 2.20. The topological polar surface area (TPSA) is 63.4 Å². The van der Waals surface area contributed by atoms with Crippen LogP contribution < -0.4 is 5.73 Å². The summed E-state index contributed by atoms with van der Waals surface area (Å²) in [7, 11) is -0.229. The van der Waals surface area contributed by atoms with Gasteiger partial charge in [0.2, 0.25) is 10.0 Å². The van der Waals surface area contributed by atoms with Crippen molar-refractivity contribution in [1.82, 2.24) is 4.31 Å². The lowest BCUT2D eigenvalue weighted by molar-refractivity contribution is 0.514. The summed E-state index contributed by atoms with van der Waals surface area (Å²) in [5.41, 5.74) is 8.99. The maximum Gasteiger partial charge on any atom is 0.215 e. The summed E-state index contributed by atoms with van der Waals surface area (Å²) < 4.78 is 24.7. The molecule has 0 radical (unpaired) electrons. The van der Waals surface area contributed by atoms with E-state index in [1.807, 2.05) is 32.0 Å². The van der Waals surface area contributed by atoms with E-state index in [1.165, 1.54) is 18.4 Å². The van der Waals surface area contributed by atoms with Gasteiger partial charge in [-0.15, -0.1) is 0 Å². The molecule has 96 valence electrons. The highest BCUT2D eigenvalue weighted by Crippen LogP contribution is 2.19. The quantitative estimate of drug-likeness (QED) is 0.880. The van der Waals surface area contributed by atoms with Crippen molar-refractivity contribution in [2.24, 2.45) is 5.73 Å². The van der Waals surface area contributed by atoms with E-state index in [0.29, 0.717) is 0 Å². The highest BCUT2D eigenvalue weighted by atomic mass is 32.2. The third-order valence-corrected chi connectivity index (χ3v) is 4.67. The molecule has 2 N–H and O–H groups in total. The highest BCUT2D eigenvalue weighted by molar-refractivity contribution is 7.89. The summed E-state index contributed by atoms with van der Waals surface area (Å²) >= 11 is 0. The van der Waals surface area contributed by atoms with Crippen molar-refractivity contribution in [3.63, 3.8) is 0 Å². The van der Waals surface area contributed by atoms with Crippen molar-refractivity contribution in [1.29, 1.82) is 0 Å². The largest absolute Gasteiger partial charge is 0.323 e. The van der Waals surface area contributed by atoms with E-state index in [9.17, 15) is 8.42 Å². The van der Waals surface area contributed by atoms with Crippen LogP contribution in [0.2, 0.25) is 0 Å². The molecule has 5 heteroatoms. The van der Waals surface area contributed by atoms with Gasteiger partial charge in [0.15, 0.2) is 0 Å². The molecule has 0 fully saturated rings. The maximum absolute atomic E-state index is 11.8. The lowest BCUT2D eigenvalue weighted by Crippen LogP contribution is -2.31. The molecule has 1 unspecified atom stereocenters. The Kier molecular flexibility index (Phi) is 4.30. The number of nitrogens with two attached hydrogens (primary N) is 1. The predicted octanol–water partition coefficient (Wildman–Crippen LogP) is 1.19. The molecule has 17 heavy (non-hydrogen) atoms. The van der Waals surface area contributed by atoms with Crippen LogP contribution in [0.1, 0.15) is 22.7 Å². The molecule has 0 saturated carbocycles. The molecule has 1 rings (SSSR count). The van der Waals surface area contributed by atoms with Crippen molar-refractivity contribution in [3.05, 3.63) is 34.9 Å². The molecule has 0 spiro atoms. The van der Waals surface area contributed by atoms with E-state index >= 15 is 0 Å². The Morgan fingerprint density at radius 1 is 1.29 bits per heavy atom. The van der Waals surface area contributed by atoms with E-state index < -0.39 is 16.1 Å². The predicted molar refractivity (Wildman–Crippen MR) is 70.3 cm³/mol. The van der Waals surface area contributed by atoms with Crippen LogP contribution in [0.15, 0.2) is 18.2 Å². The molecule has 0 bridgehead atoms. The van der Waals surface area contributed by atoms with Crippen LogP contribution in [0, 0.1) is 13.8 Å². The number of benzene rings is 1. The van der Waals surface area contributed by atoms with E-state index in [-0.39, 0.29) is 5.75 Å². The summed E-state index contributed by atoms with van der Waals surface area (Å²) in [6.45, 7) is 3.91. The first-order valence-corrected chi connectivity index (χ1v) is 7.08. The second-order valence-corrected chi connectivity index (χ2v) is 6.75. The fourth-order valence-corrected chi connectivity index (χ4v) is 2.56. The molecule has 0 aliphatic heterocycles. The van der Waals surface area contributed by atoms with Gasteiger partial charge in [0.1, 0.15) is 0 Å². The Morgan fingerprint density at radius 3 is 2.41 bits per heavy atom. The van der Waals surface area contributed by atoms with Gasteiger partial charge in [-0.2, -0.15) is 0 Å². The fraction of sp³-hybridized carbons (Fsp3) is 0.500. The molecule has 1 aromatic rings. The lowest BCUT2D eigenvalue weighted by Gasteiger charge is -2.18. The van der Waals surface area contributed by atoms with Gasteiger partial charge >= 0.3 is 0 Å². The molecular weight excluding hydrogens is 236 g/mol. The van der Waals surface area contributed by atoms with E-state index in [2.05, 4.69) is 0 Å². The summed E-state index contributed by atoms with van der Waals surface area (Å²) in [5.74, 6) is -0.0652. The molecule has 0 amide bonds. The normalized spacial score (nSPS) is 14.0. The molecule has 1 atom stereocenters. The van der Waals surface area contributed by atoms with E-state index in [4.69, 9.17) is 5.73 Å². The first-order chi connectivity index (χ1) is 7.74. The molecule has 0 aliphatic rings. The first kappa shape index (κ1) is 14.2. The summed E-state index contributed by atoms with van der Waals surface area (Å²) in [4.78, 5) is 0. The van der Waals surface area contributed by atoms with Gasteiger partial charge in [0.25, 0.3) is 0 Å². The number of nitrogens with zero attached hydrogens (tertiary/aromatic N) is 1. The molecule has 1 aromatic carbocycles. The minimum absolute atomic E-state index is 0.0652. The molecular formula is C12H20N2O2S. The standard InChI is InChI=1S/C12H20N2O2S/c1-9-5-6-10(2)11(7-9)12(13)8-17(15,16)14(3)4/h5-7,12H,8,13H2,1-4H3. The van der Waals surface area contributed by atoms with Crippen molar-refractivity contribution in [2.75, 3.05) is 19.8 Å². The third kappa shape index (κ3) is 3.52. The smallest absolute Gasteiger partial charge is 0.215 e. The summed E-state index contributed by atoms with van der Waals surface area (Å²) in [6.07, 6.45) is 0. The van der Waals surface area contributed by atoms with Crippen LogP contribution in [0.4, 0.5) is 0 Å². The number of rotatable bonds is 4. The van der Waals surface area contributed by atoms with Crippen LogP contribution in [0.5, 0.6) is 0 Å². The third-order valence-electron chi connectivity index (χ3n) is 2.78. The van der Waals surface area contributed by atoms with Gasteiger partial charge < -0.3 is 5.73 Å². The van der Waals surface area contributed by atoms with Crippen molar-refractivity contribution < 1.29 is 8.42 Å². The average molecular weight is 256 g/mol. The minimum Gasteiger partial charge on any atom is -0.323 e. The first-order valence-electron chi connectivity index (χ1n) is 5.47. The van der Waals surface area contributed by atoms with Gasteiger partial charge in [0.05, 0.1) is 5.75 Å². The maximum atomic E-state index is 11.8. The van der Waals surface area contributed by atoms with Crippen LogP contribution in [-0.4, -0.2) is 32.6 Å². The van der Waals surface area contributed by atoms with Gasteiger partial charge in [0, 0.05) is 20.1 Å². The fourth-order valence-electron chi connectivity index (χ4n) is 1.63. The van der Waals surface area contributed by atoms with Gasteiger partial charge in [-0.05, 0) is 25.0 Å². The summed E-state index contributed by atoms with van der Waals surface area (Å²) in [5, 5.41) is 0. The molecule has 0 aromatic heterocycles. The minimum atomic E-state index is -3.27. The Morgan fingerprint density at radius 2 is 1.88 bits per heavy atom. The Bertz CT molecular complexity index is 495. The van der Waals surface area contributed by atoms with Gasteiger partial charge in [-0.1, -0.05) is 23.8 Å². The zero-order valence-corrected chi connectivity index (χ0v) is 11.6.